The minimum atomic E-state index is -0.473. The number of thiazole rings is 1. The van der Waals surface area contributed by atoms with E-state index < -0.39 is 5.82 Å². The number of hydrogen-bond donors (Lipinski definition) is 1. The van der Waals surface area contributed by atoms with Gasteiger partial charge >= 0.3 is 0 Å². The molecule has 0 aliphatic carbocycles. The maximum atomic E-state index is 13.6. The number of hydrogen-bond acceptors (Lipinski definition) is 5. The van der Waals surface area contributed by atoms with Gasteiger partial charge in [0.15, 0.2) is 11.6 Å². The van der Waals surface area contributed by atoms with E-state index in [1.807, 2.05) is 12.3 Å². The van der Waals surface area contributed by atoms with Gasteiger partial charge in [0, 0.05) is 16.6 Å². The molecule has 2 rings (SSSR count). The first-order valence-electron chi connectivity index (χ1n) is 6.57. The van der Waals surface area contributed by atoms with Gasteiger partial charge in [0.1, 0.15) is 5.01 Å². The molecule has 1 heterocycles. The number of aromatic nitrogens is 1. The fourth-order valence-electron chi connectivity index (χ4n) is 1.76. The Hall–Kier alpha value is -2.28. The summed E-state index contributed by atoms with van der Waals surface area (Å²) in [6, 6.07) is 4.51. The van der Waals surface area contributed by atoms with Crippen molar-refractivity contribution < 1.29 is 13.9 Å². The summed E-state index contributed by atoms with van der Waals surface area (Å²) in [4.78, 5) is 16.0. The lowest BCUT2D eigenvalue weighted by Gasteiger charge is -2.05. The number of halogens is 1. The van der Waals surface area contributed by atoms with Gasteiger partial charge in [-0.1, -0.05) is 0 Å². The second-order valence-electron chi connectivity index (χ2n) is 4.64. The highest BCUT2D eigenvalue weighted by Gasteiger charge is 2.08. The SMILES string of the molecule is COc1ccc(/C(C)=N\NC(=O)Cc2nc(C)cs2)cc1F. The lowest BCUT2D eigenvalue weighted by Crippen LogP contribution is -2.21. The Morgan fingerprint density at radius 1 is 1.50 bits per heavy atom. The van der Waals surface area contributed by atoms with E-state index >= 15 is 0 Å². The first-order valence-corrected chi connectivity index (χ1v) is 7.45. The molecule has 2 aromatic rings. The Labute approximate surface area is 131 Å². The van der Waals surface area contributed by atoms with Crippen LogP contribution in [0.3, 0.4) is 0 Å². The molecule has 5 nitrogen and oxygen atoms in total. The number of nitrogens with one attached hydrogen (secondary N) is 1. The summed E-state index contributed by atoms with van der Waals surface area (Å²) in [5, 5.41) is 6.60. The number of carbonyl (C=O) groups is 1. The smallest absolute Gasteiger partial charge is 0.246 e. The molecular weight excluding hydrogens is 305 g/mol. The van der Waals surface area contributed by atoms with Gasteiger partial charge < -0.3 is 4.74 Å². The van der Waals surface area contributed by atoms with Gasteiger partial charge in [-0.2, -0.15) is 5.10 Å². The average molecular weight is 321 g/mol. The van der Waals surface area contributed by atoms with Crippen LogP contribution in [0, 0.1) is 12.7 Å². The molecule has 1 amide bonds. The standard InChI is InChI=1S/C15H16FN3O2S/c1-9-8-22-15(17-9)7-14(20)19-18-10(2)11-4-5-13(21-3)12(16)6-11/h4-6,8H,7H2,1-3H3,(H,19,20)/b18-10-. The first-order chi connectivity index (χ1) is 10.5. The van der Waals surface area contributed by atoms with Gasteiger partial charge in [0.05, 0.1) is 19.2 Å². The molecule has 0 saturated carbocycles. The van der Waals surface area contributed by atoms with Crippen LogP contribution in [0.25, 0.3) is 0 Å². The molecule has 0 aliphatic heterocycles. The van der Waals surface area contributed by atoms with Crippen LogP contribution < -0.4 is 10.2 Å². The van der Waals surface area contributed by atoms with Crippen LogP contribution >= 0.6 is 11.3 Å². The maximum Gasteiger partial charge on any atom is 0.246 e. The Morgan fingerprint density at radius 3 is 2.86 bits per heavy atom. The van der Waals surface area contributed by atoms with Gasteiger partial charge in [-0.15, -0.1) is 11.3 Å². The molecule has 0 aliphatic rings. The molecule has 1 N–H and O–H groups in total. The zero-order chi connectivity index (χ0) is 16.1. The number of amides is 1. The molecule has 22 heavy (non-hydrogen) atoms. The van der Waals surface area contributed by atoms with Crippen LogP contribution in [0.2, 0.25) is 0 Å². The zero-order valence-corrected chi connectivity index (χ0v) is 13.3. The van der Waals surface area contributed by atoms with Crippen molar-refractivity contribution in [2.24, 2.45) is 5.10 Å². The maximum absolute atomic E-state index is 13.6. The van der Waals surface area contributed by atoms with E-state index in [9.17, 15) is 9.18 Å². The first kappa shape index (κ1) is 16.1. The van der Waals surface area contributed by atoms with Crippen LogP contribution in [0.1, 0.15) is 23.2 Å². The lowest BCUT2D eigenvalue weighted by molar-refractivity contribution is -0.120. The highest BCUT2D eigenvalue weighted by molar-refractivity contribution is 7.09. The van der Waals surface area contributed by atoms with E-state index in [1.54, 1.807) is 13.0 Å². The zero-order valence-electron chi connectivity index (χ0n) is 12.5. The second kappa shape index (κ2) is 7.13. The third kappa shape index (κ3) is 4.11. The molecule has 0 unspecified atom stereocenters. The molecule has 7 heteroatoms. The van der Waals surface area contributed by atoms with Crippen LogP contribution in [-0.4, -0.2) is 23.7 Å². The highest BCUT2D eigenvalue weighted by Crippen LogP contribution is 2.18. The molecule has 0 radical (unpaired) electrons. The van der Waals surface area contributed by atoms with Crippen molar-refractivity contribution in [1.82, 2.24) is 10.4 Å². The molecule has 1 aromatic heterocycles. The molecule has 0 bridgehead atoms. The van der Waals surface area contributed by atoms with Gasteiger partial charge in [0.25, 0.3) is 0 Å². The number of hydrazone groups is 1. The molecule has 0 saturated heterocycles. The Bertz CT molecular complexity index is 713. The van der Waals surface area contributed by atoms with Crippen LogP contribution in [0.15, 0.2) is 28.7 Å². The van der Waals surface area contributed by atoms with E-state index in [2.05, 4.69) is 15.5 Å². The number of rotatable bonds is 5. The van der Waals surface area contributed by atoms with Gasteiger partial charge in [0.2, 0.25) is 5.91 Å². The topological polar surface area (TPSA) is 63.6 Å². The summed E-state index contributed by atoms with van der Waals surface area (Å²) < 4.78 is 18.5. The number of benzene rings is 1. The second-order valence-corrected chi connectivity index (χ2v) is 5.58. The van der Waals surface area contributed by atoms with Gasteiger partial charge in [-0.25, -0.2) is 14.8 Å². The number of carbonyl (C=O) groups excluding carboxylic acids is 1. The normalized spacial score (nSPS) is 11.4. The predicted molar refractivity (Wildman–Crippen MR) is 83.9 cm³/mol. The third-order valence-electron chi connectivity index (χ3n) is 2.90. The number of ether oxygens (including phenoxy) is 1. The molecule has 116 valence electrons. The van der Waals surface area contributed by atoms with E-state index in [4.69, 9.17) is 4.74 Å². The molecule has 0 atom stereocenters. The van der Waals surface area contributed by atoms with E-state index in [1.165, 1.54) is 30.6 Å². The summed E-state index contributed by atoms with van der Waals surface area (Å²) in [5.41, 5.74) is 4.42. The van der Waals surface area contributed by atoms with Crippen molar-refractivity contribution in [2.45, 2.75) is 20.3 Å². The summed E-state index contributed by atoms with van der Waals surface area (Å²) in [7, 11) is 1.40. The van der Waals surface area contributed by atoms with Crippen molar-refractivity contribution in [2.75, 3.05) is 7.11 Å². The largest absolute Gasteiger partial charge is 0.494 e. The third-order valence-corrected chi connectivity index (χ3v) is 3.86. The highest BCUT2D eigenvalue weighted by atomic mass is 32.1. The summed E-state index contributed by atoms with van der Waals surface area (Å²) in [6.45, 7) is 3.56. The average Bonchev–Trinajstić information content (AvgIpc) is 2.89. The lowest BCUT2D eigenvalue weighted by atomic mass is 10.1. The van der Waals surface area contributed by atoms with Crippen molar-refractivity contribution >= 4 is 23.0 Å². The fraction of sp³-hybridized carbons (Fsp3) is 0.267. The van der Waals surface area contributed by atoms with Crippen molar-refractivity contribution in [3.63, 3.8) is 0 Å². The summed E-state index contributed by atoms with van der Waals surface area (Å²) in [6.07, 6.45) is 0.173. The summed E-state index contributed by atoms with van der Waals surface area (Å²) in [5.74, 6) is -0.568. The van der Waals surface area contributed by atoms with E-state index in [0.717, 1.165) is 10.7 Å². The predicted octanol–water partition coefficient (Wildman–Crippen LogP) is 2.68. The minimum Gasteiger partial charge on any atom is -0.494 e. The Kier molecular flexibility index (Phi) is 5.21. The molecule has 0 fully saturated rings. The molecule has 1 aromatic carbocycles. The number of aryl methyl sites for hydroxylation is 1. The Balaban J connectivity index is 1.99. The van der Waals surface area contributed by atoms with Crippen molar-refractivity contribution in [3.05, 3.63) is 45.7 Å². The van der Waals surface area contributed by atoms with Gasteiger partial charge in [-0.05, 0) is 32.0 Å². The van der Waals surface area contributed by atoms with Crippen LogP contribution in [0.4, 0.5) is 4.39 Å². The number of nitrogens with zero attached hydrogens (tertiary/aromatic N) is 2. The van der Waals surface area contributed by atoms with E-state index in [-0.39, 0.29) is 18.1 Å². The number of methoxy groups -OCH3 is 1. The van der Waals surface area contributed by atoms with E-state index in [0.29, 0.717) is 11.3 Å². The molecule has 0 spiro atoms. The summed E-state index contributed by atoms with van der Waals surface area (Å²) >= 11 is 1.43. The quantitative estimate of drug-likeness (QED) is 0.680. The van der Waals surface area contributed by atoms with Gasteiger partial charge in [-0.3, -0.25) is 4.79 Å². The van der Waals surface area contributed by atoms with Crippen LogP contribution in [-0.2, 0) is 11.2 Å². The van der Waals surface area contributed by atoms with Crippen molar-refractivity contribution in [1.29, 1.82) is 0 Å². The Morgan fingerprint density at radius 2 is 2.27 bits per heavy atom. The van der Waals surface area contributed by atoms with Crippen molar-refractivity contribution in [3.8, 4) is 5.75 Å². The molecular formula is C15H16FN3O2S. The van der Waals surface area contributed by atoms with Crippen LogP contribution in [0.5, 0.6) is 5.75 Å². The monoisotopic (exact) mass is 321 g/mol. The fourth-order valence-corrected chi connectivity index (χ4v) is 2.53. The minimum absolute atomic E-state index is 0.166.